The first-order valence-corrected chi connectivity index (χ1v) is 9.00. The Kier molecular flexibility index (Phi) is 5.16. The number of nitrogens with zero attached hydrogens (tertiary/aromatic N) is 2. The first kappa shape index (κ1) is 18.2. The van der Waals surface area contributed by atoms with Crippen LogP contribution in [0.2, 0.25) is 0 Å². The first-order valence-electron chi connectivity index (χ1n) is 9.00. The molecule has 0 aromatic heterocycles. The molecule has 0 aliphatic carbocycles. The van der Waals surface area contributed by atoms with Crippen LogP contribution < -0.4 is 10.2 Å². The number of piperazine rings is 1. The molecule has 138 valence electrons. The van der Waals surface area contributed by atoms with Crippen molar-refractivity contribution in [3.8, 4) is 0 Å². The molecule has 0 atom stereocenters. The minimum Gasteiger partial charge on any atom is -0.368 e. The lowest BCUT2D eigenvalue weighted by atomic mass is 9.87. The van der Waals surface area contributed by atoms with Gasteiger partial charge in [0.05, 0.1) is 0 Å². The summed E-state index contributed by atoms with van der Waals surface area (Å²) in [5.41, 5.74) is 3.13. The number of halogens is 1. The molecule has 1 heterocycles. The van der Waals surface area contributed by atoms with Crippen LogP contribution in [0.4, 0.5) is 20.6 Å². The highest BCUT2D eigenvalue weighted by molar-refractivity contribution is 5.89. The molecule has 2 aromatic rings. The van der Waals surface area contributed by atoms with Crippen molar-refractivity contribution in [2.45, 2.75) is 26.2 Å². The molecule has 1 aliphatic rings. The number of hydrogen-bond acceptors (Lipinski definition) is 2. The van der Waals surface area contributed by atoms with Crippen molar-refractivity contribution in [3.63, 3.8) is 0 Å². The summed E-state index contributed by atoms with van der Waals surface area (Å²) in [5, 5.41) is 2.97. The highest BCUT2D eigenvalue weighted by atomic mass is 19.1. The van der Waals surface area contributed by atoms with Gasteiger partial charge < -0.3 is 15.1 Å². The maximum absolute atomic E-state index is 13.0. The number of carbonyl (C=O) groups excluding carboxylic acids is 1. The number of urea groups is 1. The Balaban J connectivity index is 1.54. The van der Waals surface area contributed by atoms with Crippen LogP contribution in [0.1, 0.15) is 26.3 Å². The van der Waals surface area contributed by atoms with Gasteiger partial charge in [0.1, 0.15) is 5.82 Å². The van der Waals surface area contributed by atoms with Crippen LogP contribution in [0, 0.1) is 5.82 Å². The quantitative estimate of drug-likeness (QED) is 0.862. The monoisotopic (exact) mass is 355 g/mol. The standard InChI is InChI=1S/C21H26FN3O/c1-21(2,3)16-4-8-18(9-5-16)23-20(26)25-14-12-24(13-15-25)19-10-6-17(22)7-11-19/h4-11H,12-15H2,1-3H3,(H,23,26). The van der Waals surface area contributed by atoms with Gasteiger partial charge in [-0.15, -0.1) is 0 Å². The van der Waals surface area contributed by atoms with Crippen LogP contribution in [0.15, 0.2) is 48.5 Å². The number of anilines is 2. The third-order valence-electron chi connectivity index (χ3n) is 4.76. The summed E-state index contributed by atoms with van der Waals surface area (Å²) in [5.74, 6) is -0.232. The van der Waals surface area contributed by atoms with E-state index in [1.54, 1.807) is 12.1 Å². The van der Waals surface area contributed by atoms with Crippen LogP contribution in [0.3, 0.4) is 0 Å². The fourth-order valence-corrected chi connectivity index (χ4v) is 3.08. The minimum atomic E-state index is -0.232. The molecular formula is C21H26FN3O. The van der Waals surface area contributed by atoms with Gasteiger partial charge in [-0.25, -0.2) is 9.18 Å². The van der Waals surface area contributed by atoms with E-state index in [9.17, 15) is 9.18 Å². The minimum absolute atomic E-state index is 0.0766. The summed E-state index contributed by atoms with van der Waals surface area (Å²) < 4.78 is 13.0. The van der Waals surface area contributed by atoms with Crippen molar-refractivity contribution in [2.75, 3.05) is 36.4 Å². The van der Waals surface area contributed by atoms with Gasteiger partial charge >= 0.3 is 6.03 Å². The molecule has 1 N–H and O–H groups in total. The van der Waals surface area contributed by atoms with E-state index in [0.29, 0.717) is 13.1 Å². The van der Waals surface area contributed by atoms with Crippen molar-refractivity contribution >= 4 is 17.4 Å². The number of nitrogens with one attached hydrogen (secondary N) is 1. The summed E-state index contributed by atoms with van der Waals surface area (Å²) in [6.45, 7) is 9.26. The number of hydrogen-bond donors (Lipinski definition) is 1. The molecule has 1 saturated heterocycles. The smallest absolute Gasteiger partial charge is 0.321 e. The zero-order valence-corrected chi connectivity index (χ0v) is 15.6. The zero-order chi connectivity index (χ0) is 18.7. The lowest BCUT2D eigenvalue weighted by Gasteiger charge is -2.36. The Morgan fingerprint density at radius 2 is 1.50 bits per heavy atom. The largest absolute Gasteiger partial charge is 0.368 e. The molecule has 26 heavy (non-hydrogen) atoms. The molecule has 2 amide bonds. The number of rotatable bonds is 2. The summed E-state index contributed by atoms with van der Waals surface area (Å²) in [6, 6.07) is 14.4. The average Bonchev–Trinajstić information content (AvgIpc) is 2.62. The van der Waals surface area contributed by atoms with Gasteiger partial charge in [0.25, 0.3) is 0 Å². The van der Waals surface area contributed by atoms with Crippen LogP contribution in [0.5, 0.6) is 0 Å². The predicted octanol–water partition coefficient (Wildman–Crippen LogP) is 4.48. The summed E-state index contributed by atoms with van der Waals surface area (Å²) in [4.78, 5) is 16.5. The average molecular weight is 355 g/mol. The van der Waals surface area contributed by atoms with Crippen LogP contribution >= 0.6 is 0 Å². The van der Waals surface area contributed by atoms with E-state index in [2.05, 4.69) is 43.1 Å². The highest BCUT2D eigenvalue weighted by Crippen LogP contribution is 2.24. The van der Waals surface area contributed by atoms with E-state index in [1.807, 2.05) is 17.0 Å². The fourth-order valence-electron chi connectivity index (χ4n) is 3.08. The van der Waals surface area contributed by atoms with Gasteiger partial charge in [0, 0.05) is 37.6 Å². The van der Waals surface area contributed by atoms with Crippen molar-refractivity contribution in [2.24, 2.45) is 0 Å². The van der Waals surface area contributed by atoms with E-state index in [1.165, 1.54) is 17.7 Å². The third-order valence-corrected chi connectivity index (χ3v) is 4.76. The van der Waals surface area contributed by atoms with Crippen molar-refractivity contribution in [1.29, 1.82) is 0 Å². The Bertz CT molecular complexity index is 742. The normalized spacial score (nSPS) is 15.1. The lowest BCUT2D eigenvalue weighted by molar-refractivity contribution is 0.208. The second-order valence-corrected chi connectivity index (χ2v) is 7.71. The van der Waals surface area contributed by atoms with Crippen molar-refractivity contribution in [1.82, 2.24) is 4.90 Å². The molecule has 0 unspecified atom stereocenters. The van der Waals surface area contributed by atoms with Gasteiger partial charge in [-0.05, 0) is 47.4 Å². The van der Waals surface area contributed by atoms with Gasteiger partial charge in [0.15, 0.2) is 0 Å². The molecule has 3 rings (SSSR count). The highest BCUT2D eigenvalue weighted by Gasteiger charge is 2.21. The number of benzene rings is 2. The van der Waals surface area contributed by atoms with E-state index < -0.39 is 0 Å². The van der Waals surface area contributed by atoms with Gasteiger partial charge in [-0.3, -0.25) is 0 Å². The number of amides is 2. The SMILES string of the molecule is CC(C)(C)c1ccc(NC(=O)N2CCN(c3ccc(F)cc3)CC2)cc1. The third kappa shape index (κ3) is 4.34. The molecule has 4 nitrogen and oxygen atoms in total. The van der Waals surface area contributed by atoms with Crippen LogP contribution in [-0.2, 0) is 5.41 Å². The summed E-state index contributed by atoms with van der Waals surface area (Å²) in [7, 11) is 0. The zero-order valence-electron chi connectivity index (χ0n) is 15.6. The topological polar surface area (TPSA) is 35.6 Å². The lowest BCUT2D eigenvalue weighted by Crippen LogP contribution is -2.50. The maximum Gasteiger partial charge on any atom is 0.321 e. The van der Waals surface area contributed by atoms with Crippen molar-refractivity contribution < 1.29 is 9.18 Å². The Labute approximate surface area is 154 Å². The van der Waals surface area contributed by atoms with E-state index in [4.69, 9.17) is 0 Å². The first-order chi connectivity index (χ1) is 12.3. The van der Waals surface area contributed by atoms with E-state index in [0.717, 1.165) is 24.5 Å². The van der Waals surface area contributed by atoms with E-state index >= 15 is 0 Å². The number of carbonyl (C=O) groups is 1. The Hall–Kier alpha value is -2.56. The molecule has 2 aromatic carbocycles. The second-order valence-electron chi connectivity index (χ2n) is 7.71. The van der Waals surface area contributed by atoms with Crippen molar-refractivity contribution in [3.05, 3.63) is 59.9 Å². The Morgan fingerprint density at radius 1 is 0.923 bits per heavy atom. The Morgan fingerprint density at radius 3 is 2.04 bits per heavy atom. The summed E-state index contributed by atoms with van der Waals surface area (Å²) in [6.07, 6.45) is 0. The molecule has 5 heteroatoms. The predicted molar refractivity (Wildman–Crippen MR) is 104 cm³/mol. The van der Waals surface area contributed by atoms with Gasteiger partial charge in [-0.1, -0.05) is 32.9 Å². The van der Waals surface area contributed by atoms with Gasteiger partial charge in [0.2, 0.25) is 0 Å². The molecule has 0 radical (unpaired) electrons. The maximum atomic E-state index is 13.0. The fraction of sp³-hybridized carbons (Fsp3) is 0.381. The molecular weight excluding hydrogens is 329 g/mol. The van der Waals surface area contributed by atoms with Crippen LogP contribution in [-0.4, -0.2) is 37.1 Å². The molecule has 1 aliphatic heterocycles. The molecule has 0 saturated carbocycles. The van der Waals surface area contributed by atoms with E-state index in [-0.39, 0.29) is 17.3 Å². The second kappa shape index (κ2) is 7.36. The molecule has 0 spiro atoms. The molecule has 0 bridgehead atoms. The van der Waals surface area contributed by atoms with Gasteiger partial charge in [-0.2, -0.15) is 0 Å². The molecule has 1 fully saturated rings. The van der Waals surface area contributed by atoms with Crippen LogP contribution in [0.25, 0.3) is 0 Å². The summed E-state index contributed by atoms with van der Waals surface area (Å²) >= 11 is 0.